The molecule has 5 rings (SSSR count). The summed E-state index contributed by atoms with van der Waals surface area (Å²) in [4.78, 5) is 0. The van der Waals surface area contributed by atoms with Crippen LogP contribution >= 0.6 is 0 Å². The van der Waals surface area contributed by atoms with E-state index in [0.717, 1.165) is 22.8 Å². The predicted molar refractivity (Wildman–Crippen MR) is 93.2 cm³/mol. The molecular formula is C21H22O2. The fraction of sp³-hybridized carbons (Fsp3) is 0.429. The Morgan fingerprint density at radius 3 is 2.78 bits per heavy atom. The molecule has 3 atom stereocenters. The van der Waals surface area contributed by atoms with Crippen molar-refractivity contribution in [2.24, 2.45) is 5.92 Å². The summed E-state index contributed by atoms with van der Waals surface area (Å²) in [6.07, 6.45) is 5.44. The maximum absolute atomic E-state index is 6.27. The van der Waals surface area contributed by atoms with Gasteiger partial charge in [-0.25, -0.2) is 0 Å². The van der Waals surface area contributed by atoms with Crippen molar-refractivity contribution >= 4 is 21.9 Å². The number of hydrogen-bond donors (Lipinski definition) is 0. The molecule has 1 aliphatic carbocycles. The number of hydrogen-bond acceptors (Lipinski definition) is 2. The van der Waals surface area contributed by atoms with Gasteiger partial charge in [-0.1, -0.05) is 25.0 Å². The molecule has 3 aromatic rings. The standard InChI is InChI=1S/C21H22O2/c1-3-13-5-7-19-15(9-13)17-10-16-14-8-12(2)4-6-18(14)22-20(16)11-21(17)23-19/h4,6,8,10-11,13,15,19H,3,5,7,9H2,1-2H3. The van der Waals surface area contributed by atoms with Crippen LogP contribution in [0.4, 0.5) is 0 Å². The zero-order chi connectivity index (χ0) is 15.6. The third-order valence-electron chi connectivity index (χ3n) is 5.91. The van der Waals surface area contributed by atoms with Gasteiger partial charge in [0.1, 0.15) is 23.0 Å². The van der Waals surface area contributed by atoms with E-state index < -0.39 is 0 Å². The molecule has 3 unspecified atom stereocenters. The van der Waals surface area contributed by atoms with Crippen LogP contribution in [0, 0.1) is 12.8 Å². The number of furan rings is 1. The van der Waals surface area contributed by atoms with Crippen LogP contribution in [0.1, 0.15) is 49.7 Å². The third kappa shape index (κ3) is 1.94. The number of benzene rings is 2. The lowest BCUT2D eigenvalue weighted by atomic mass is 9.76. The van der Waals surface area contributed by atoms with E-state index >= 15 is 0 Å². The first kappa shape index (κ1) is 13.5. The van der Waals surface area contributed by atoms with Gasteiger partial charge in [-0.15, -0.1) is 0 Å². The van der Waals surface area contributed by atoms with Gasteiger partial charge in [-0.2, -0.15) is 0 Å². The Balaban J connectivity index is 1.68. The SMILES string of the molecule is CCC1CCC2Oc3cc4oc5ccc(C)cc5c4cc3C2C1. The second-order valence-corrected chi connectivity index (χ2v) is 7.34. The minimum Gasteiger partial charge on any atom is -0.489 e. The summed E-state index contributed by atoms with van der Waals surface area (Å²) in [6, 6.07) is 10.9. The van der Waals surface area contributed by atoms with Gasteiger partial charge in [-0.3, -0.25) is 0 Å². The molecule has 2 aromatic carbocycles. The molecule has 1 saturated carbocycles. The van der Waals surface area contributed by atoms with E-state index in [9.17, 15) is 0 Å². The molecule has 1 aromatic heterocycles. The van der Waals surface area contributed by atoms with Crippen molar-refractivity contribution in [3.63, 3.8) is 0 Å². The quantitative estimate of drug-likeness (QED) is 0.554. The second-order valence-electron chi connectivity index (χ2n) is 7.34. The fourth-order valence-electron chi connectivity index (χ4n) is 4.56. The lowest BCUT2D eigenvalue weighted by Gasteiger charge is -2.30. The highest BCUT2D eigenvalue weighted by atomic mass is 16.5. The molecule has 0 amide bonds. The van der Waals surface area contributed by atoms with Crippen LogP contribution in [-0.4, -0.2) is 6.10 Å². The number of rotatable bonds is 1. The van der Waals surface area contributed by atoms with Crippen LogP contribution < -0.4 is 4.74 Å². The molecule has 2 heterocycles. The Kier molecular flexibility index (Phi) is 2.79. The average Bonchev–Trinajstić information content (AvgIpc) is 3.09. The normalized spacial score (nSPS) is 26.3. The van der Waals surface area contributed by atoms with Crippen molar-refractivity contribution in [1.29, 1.82) is 0 Å². The summed E-state index contributed by atoms with van der Waals surface area (Å²) in [5.74, 6) is 2.48. The van der Waals surface area contributed by atoms with Crippen molar-refractivity contribution in [3.05, 3.63) is 41.5 Å². The van der Waals surface area contributed by atoms with Gasteiger partial charge in [0.2, 0.25) is 0 Å². The van der Waals surface area contributed by atoms with Crippen molar-refractivity contribution in [2.45, 2.75) is 51.6 Å². The average molecular weight is 306 g/mol. The minimum atomic E-state index is 0.382. The molecule has 0 saturated heterocycles. The fourth-order valence-corrected chi connectivity index (χ4v) is 4.56. The Bertz CT molecular complexity index is 905. The predicted octanol–water partition coefficient (Wildman–Crippen LogP) is 5.95. The highest BCUT2D eigenvalue weighted by Crippen LogP contribution is 2.49. The van der Waals surface area contributed by atoms with E-state index in [4.69, 9.17) is 9.15 Å². The summed E-state index contributed by atoms with van der Waals surface area (Å²) in [6.45, 7) is 4.45. The molecule has 0 bridgehead atoms. The summed E-state index contributed by atoms with van der Waals surface area (Å²) >= 11 is 0. The molecule has 23 heavy (non-hydrogen) atoms. The van der Waals surface area contributed by atoms with E-state index in [2.05, 4.69) is 44.2 Å². The van der Waals surface area contributed by atoms with Crippen molar-refractivity contribution < 1.29 is 9.15 Å². The summed E-state index contributed by atoms with van der Waals surface area (Å²) in [7, 11) is 0. The van der Waals surface area contributed by atoms with Crippen molar-refractivity contribution in [1.82, 2.24) is 0 Å². The molecule has 0 radical (unpaired) electrons. The van der Waals surface area contributed by atoms with Gasteiger partial charge in [0.05, 0.1) is 0 Å². The first-order chi connectivity index (χ1) is 11.2. The van der Waals surface area contributed by atoms with Gasteiger partial charge in [-0.05, 0) is 50.3 Å². The van der Waals surface area contributed by atoms with Crippen LogP contribution in [0.15, 0.2) is 34.7 Å². The molecule has 2 aliphatic rings. The van der Waals surface area contributed by atoms with E-state index in [1.54, 1.807) is 0 Å². The van der Waals surface area contributed by atoms with Gasteiger partial charge in [0.15, 0.2) is 0 Å². The zero-order valence-electron chi connectivity index (χ0n) is 13.8. The summed E-state index contributed by atoms with van der Waals surface area (Å²) in [5, 5.41) is 2.47. The zero-order valence-corrected chi connectivity index (χ0v) is 13.8. The Hall–Kier alpha value is -1.96. The molecule has 0 spiro atoms. The lowest BCUT2D eigenvalue weighted by Crippen LogP contribution is -2.27. The maximum Gasteiger partial charge on any atom is 0.139 e. The molecule has 1 fully saturated rings. The molecular weight excluding hydrogens is 284 g/mol. The number of aryl methyl sites for hydroxylation is 1. The Morgan fingerprint density at radius 1 is 1.04 bits per heavy atom. The number of ether oxygens (including phenoxy) is 1. The molecule has 2 heteroatoms. The molecule has 1 aliphatic heterocycles. The first-order valence-corrected chi connectivity index (χ1v) is 8.86. The monoisotopic (exact) mass is 306 g/mol. The largest absolute Gasteiger partial charge is 0.489 e. The minimum absolute atomic E-state index is 0.382. The van der Waals surface area contributed by atoms with E-state index in [0.29, 0.717) is 12.0 Å². The van der Waals surface area contributed by atoms with Gasteiger partial charge in [0.25, 0.3) is 0 Å². The Labute approximate surface area is 136 Å². The van der Waals surface area contributed by atoms with Crippen LogP contribution in [0.2, 0.25) is 0 Å². The van der Waals surface area contributed by atoms with Crippen LogP contribution in [0.3, 0.4) is 0 Å². The van der Waals surface area contributed by atoms with Crippen LogP contribution in [0.25, 0.3) is 21.9 Å². The summed E-state index contributed by atoms with van der Waals surface area (Å²) in [5.41, 5.74) is 4.61. The van der Waals surface area contributed by atoms with Crippen molar-refractivity contribution in [3.8, 4) is 5.75 Å². The van der Waals surface area contributed by atoms with Gasteiger partial charge in [0, 0.05) is 28.3 Å². The first-order valence-electron chi connectivity index (χ1n) is 8.86. The molecule has 118 valence electrons. The summed E-state index contributed by atoms with van der Waals surface area (Å²) < 4.78 is 12.3. The third-order valence-corrected chi connectivity index (χ3v) is 5.91. The van der Waals surface area contributed by atoms with Gasteiger partial charge < -0.3 is 9.15 Å². The highest BCUT2D eigenvalue weighted by Gasteiger charge is 2.39. The van der Waals surface area contributed by atoms with Crippen LogP contribution in [-0.2, 0) is 0 Å². The van der Waals surface area contributed by atoms with E-state index in [1.807, 2.05) is 0 Å². The Morgan fingerprint density at radius 2 is 1.91 bits per heavy atom. The topological polar surface area (TPSA) is 22.4 Å². The second kappa shape index (κ2) is 4.77. The maximum atomic E-state index is 6.27. The smallest absolute Gasteiger partial charge is 0.139 e. The highest BCUT2D eigenvalue weighted by molar-refractivity contribution is 6.06. The van der Waals surface area contributed by atoms with Gasteiger partial charge >= 0.3 is 0 Å². The molecule has 2 nitrogen and oxygen atoms in total. The molecule has 0 N–H and O–H groups in total. The van der Waals surface area contributed by atoms with E-state index in [1.165, 1.54) is 47.6 Å². The lowest BCUT2D eigenvalue weighted by molar-refractivity contribution is 0.135. The van der Waals surface area contributed by atoms with E-state index in [-0.39, 0.29) is 0 Å². The number of fused-ring (bicyclic) bond motifs is 6. The van der Waals surface area contributed by atoms with Crippen molar-refractivity contribution in [2.75, 3.05) is 0 Å². The van der Waals surface area contributed by atoms with Crippen LogP contribution in [0.5, 0.6) is 5.75 Å².